The Balaban J connectivity index is 2.00. The lowest BCUT2D eigenvalue weighted by Crippen LogP contribution is -2.27. The molecule has 1 aliphatic rings. The first-order chi connectivity index (χ1) is 9.74. The molecular weight excluding hydrogens is 254 g/mol. The molecule has 0 radical (unpaired) electrons. The van der Waals surface area contributed by atoms with E-state index in [0.717, 1.165) is 30.9 Å². The van der Waals surface area contributed by atoms with Gasteiger partial charge in [0.05, 0.1) is 18.8 Å². The molecule has 0 aliphatic carbocycles. The summed E-state index contributed by atoms with van der Waals surface area (Å²) in [5, 5.41) is 3.47. The van der Waals surface area contributed by atoms with Gasteiger partial charge in [-0.2, -0.15) is 0 Å². The van der Waals surface area contributed by atoms with E-state index < -0.39 is 0 Å². The number of fused-ring (bicyclic) bond motifs is 1. The Morgan fingerprint density at radius 3 is 2.80 bits per heavy atom. The van der Waals surface area contributed by atoms with Crippen molar-refractivity contribution in [2.75, 3.05) is 19.9 Å². The van der Waals surface area contributed by atoms with Crippen molar-refractivity contribution in [3.63, 3.8) is 0 Å². The minimum absolute atomic E-state index is 0.189. The second-order valence-electron chi connectivity index (χ2n) is 5.16. The van der Waals surface area contributed by atoms with Gasteiger partial charge in [-0.3, -0.25) is 0 Å². The minimum atomic E-state index is 0.189. The first-order valence-electron chi connectivity index (χ1n) is 7.49. The number of nitrogens with one attached hydrogen (secondary N) is 1. The van der Waals surface area contributed by atoms with E-state index in [0.29, 0.717) is 19.5 Å². The summed E-state index contributed by atoms with van der Waals surface area (Å²) in [4.78, 5) is 0. The smallest absolute Gasteiger partial charge is 0.231 e. The molecule has 4 heteroatoms. The van der Waals surface area contributed by atoms with Gasteiger partial charge in [-0.05, 0) is 37.6 Å². The molecule has 0 saturated carbocycles. The fourth-order valence-corrected chi connectivity index (χ4v) is 2.40. The molecule has 1 aliphatic heterocycles. The summed E-state index contributed by atoms with van der Waals surface area (Å²) in [7, 11) is 0. The third-order valence-electron chi connectivity index (χ3n) is 3.49. The fourth-order valence-electron chi connectivity index (χ4n) is 2.40. The predicted octanol–water partition coefficient (Wildman–Crippen LogP) is 3.27. The summed E-state index contributed by atoms with van der Waals surface area (Å²) >= 11 is 0. The highest BCUT2D eigenvalue weighted by molar-refractivity contribution is 5.45. The van der Waals surface area contributed by atoms with Gasteiger partial charge in [0.15, 0.2) is 11.5 Å². The van der Waals surface area contributed by atoms with Crippen LogP contribution in [0.5, 0.6) is 11.5 Å². The lowest BCUT2D eigenvalue weighted by Gasteiger charge is -2.21. The first-order valence-corrected chi connectivity index (χ1v) is 7.49. The SMILES string of the molecule is CCCC(C)OCC(NCC)c1ccc2c(c1)OCO2. The highest BCUT2D eigenvalue weighted by Gasteiger charge is 2.18. The third kappa shape index (κ3) is 3.87. The highest BCUT2D eigenvalue weighted by Crippen LogP contribution is 2.34. The van der Waals surface area contributed by atoms with Gasteiger partial charge in [0.2, 0.25) is 6.79 Å². The lowest BCUT2D eigenvalue weighted by atomic mass is 10.1. The Morgan fingerprint density at radius 1 is 1.25 bits per heavy atom. The maximum absolute atomic E-state index is 5.94. The van der Waals surface area contributed by atoms with Gasteiger partial charge in [-0.15, -0.1) is 0 Å². The second-order valence-corrected chi connectivity index (χ2v) is 5.16. The van der Waals surface area contributed by atoms with E-state index in [1.54, 1.807) is 0 Å². The molecule has 0 amide bonds. The van der Waals surface area contributed by atoms with Crippen LogP contribution in [0, 0.1) is 0 Å². The Kier molecular flexibility index (Phi) is 5.68. The van der Waals surface area contributed by atoms with Gasteiger partial charge >= 0.3 is 0 Å². The molecule has 20 heavy (non-hydrogen) atoms. The summed E-state index contributed by atoms with van der Waals surface area (Å²) in [5.41, 5.74) is 1.18. The molecule has 112 valence electrons. The molecule has 4 nitrogen and oxygen atoms in total. The Hall–Kier alpha value is -1.26. The topological polar surface area (TPSA) is 39.7 Å². The van der Waals surface area contributed by atoms with Crippen molar-refractivity contribution in [3.05, 3.63) is 23.8 Å². The summed E-state index contributed by atoms with van der Waals surface area (Å²) in [6, 6.07) is 6.28. The molecule has 2 unspecified atom stereocenters. The number of likely N-dealkylation sites (N-methyl/N-ethyl adjacent to an activating group) is 1. The largest absolute Gasteiger partial charge is 0.454 e. The standard InChI is InChI=1S/C16H25NO3/c1-4-6-12(3)18-10-14(17-5-2)13-7-8-15-16(9-13)20-11-19-15/h7-9,12,14,17H,4-6,10-11H2,1-3H3. The fraction of sp³-hybridized carbons (Fsp3) is 0.625. The molecule has 0 aromatic heterocycles. The van der Waals surface area contributed by atoms with E-state index in [9.17, 15) is 0 Å². The van der Waals surface area contributed by atoms with Crippen molar-refractivity contribution in [2.45, 2.75) is 45.8 Å². The van der Waals surface area contributed by atoms with E-state index in [4.69, 9.17) is 14.2 Å². The zero-order chi connectivity index (χ0) is 14.4. The number of ether oxygens (including phenoxy) is 3. The summed E-state index contributed by atoms with van der Waals surface area (Å²) < 4.78 is 16.7. The van der Waals surface area contributed by atoms with Gasteiger partial charge < -0.3 is 19.5 Å². The van der Waals surface area contributed by atoms with Crippen molar-refractivity contribution >= 4 is 0 Å². The van der Waals surface area contributed by atoms with Crippen LogP contribution in [0.1, 0.15) is 45.2 Å². The molecule has 0 saturated heterocycles. The molecule has 0 bridgehead atoms. The Morgan fingerprint density at radius 2 is 2.05 bits per heavy atom. The van der Waals surface area contributed by atoms with E-state index in [-0.39, 0.29) is 6.04 Å². The van der Waals surface area contributed by atoms with Crippen molar-refractivity contribution < 1.29 is 14.2 Å². The van der Waals surface area contributed by atoms with E-state index in [1.807, 2.05) is 12.1 Å². The quantitative estimate of drug-likeness (QED) is 0.793. The molecule has 2 rings (SSSR count). The van der Waals surface area contributed by atoms with Crippen molar-refractivity contribution in [2.24, 2.45) is 0 Å². The monoisotopic (exact) mass is 279 g/mol. The van der Waals surface area contributed by atoms with Gasteiger partial charge in [0.1, 0.15) is 0 Å². The second kappa shape index (κ2) is 7.50. The van der Waals surface area contributed by atoms with Crippen LogP contribution in [0.15, 0.2) is 18.2 Å². The molecule has 0 fully saturated rings. The normalized spacial score (nSPS) is 16.1. The average Bonchev–Trinajstić information content (AvgIpc) is 2.91. The molecule has 0 spiro atoms. The summed E-state index contributed by atoms with van der Waals surface area (Å²) in [6.45, 7) is 8.31. The van der Waals surface area contributed by atoms with Crippen molar-refractivity contribution in [1.82, 2.24) is 5.32 Å². The average molecular weight is 279 g/mol. The van der Waals surface area contributed by atoms with Crippen LogP contribution in [0.2, 0.25) is 0 Å². The summed E-state index contributed by atoms with van der Waals surface area (Å²) in [6.07, 6.45) is 2.55. The molecule has 1 aromatic rings. The molecule has 2 atom stereocenters. The van der Waals surface area contributed by atoms with Crippen LogP contribution < -0.4 is 14.8 Å². The lowest BCUT2D eigenvalue weighted by molar-refractivity contribution is 0.0442. The third-order valence-corrected chi connectivity index (χ3v) is 3.49. The molecule has 1 heterocycles. The van der Waals surface area contributed by atoms with E-state index >= 15 is 0 Å². The first kappa shape index (κ1) is 15.1. The van der Waals surface area contributed by atoms with Gasteiger partial charge in [0, 0.05) is 0 Å². The highest BCUT2D eigenvalue weighted by atomic mass is 16.7. The maximum Gasteiger partial charge on any atom is 0.231 e. The van der Waals surface area contributed by atoms with Crippen LogP contribution in [0.25, 0.3) is 0 Å². The molecular formula is C16H25NO3. The van der Waals surface area contributed by atoms with Crippen molar-refractivity contribution in [3.8, 4) is 11.5 Å². The zero-order valence-electron chi connectivity index (χ0n) is 12.6. The Bertz CT molecular complexity index is 422. The zero-order valence-corrected chi connectivity index (χ0v) is 12.6. The number of hydrogen-bond acceptors (Lipinski definition) is 4. The van der Waals surface area contributed by atoms with Crippen LogP contribution in [0.4, 0.5) is 0 Å². The maximum atomic E-state index is 5.94. The van der Waals surface area contributed by atoms with Crippen LogP contribution in [0.3, 0.4) is 0 Å². The number of rotatable bonds is 8. The molecule has 1 N–H and O–H groups in total. The molecule has 1 aromatic carbocycles. The van der Waals surface area contributed by atoms with Crippen LogP contribution >= 0.6 is 0 Å². The van der Waals surface area contributed by atoms with Crippen LogP contribution in [-0.2, 0) is 4.74 Å². The van der Waals surface area contributed by atoms with Gasteiger partial charge in [0.25, 0.3) is 0 Å². The van der Waals surface area contributed by atoms with E-state index in [1.165, 1.54) is 5.56 Å². The predicted molar refractivity (Wildman–Crippen MR) is 79.3 cm³/mol. The van der Waals surface area contributed by atoms with Crippen LogP contribution in [-0.4, -0.2) is 26.0 Å². The summed E-state index contributed by atoms with van der Waals surface area (Å²) in [5.74, 6) is 1.65. The van der Waals surface area contributed by atoms with Crippen molar-refractivity contribution in [1.29, 1.82) is 0 Å². The van der Waals surface area contributed by atoms with Gasteiger partial charge in [-0.1, -0.05) is 26.3 Å². The number of benzene rings is 1. The minimum Gasteiger partial charge on any atom is -0.454 e. The number of hydrogen-bond donors (Lipinski definition) is 1. The van der Waals surface area contributed by atoms with Gasteiger partial charge in [-0.25, -0.2) is 0 Å². The Labute approximate surface area is 121 Å². The van der Waals surface area contributed by atoms with E-state index in [2.05, 4.69) is 32.2 Å².